The standard InChI is InChI=1S/C7HClF3N3O/c8-6(15)3-2-13-4(1-12)14-5(3)7(9,10)11/h2H. The third-order valence-corrected chi connectivity index (χ3v) is 1.57. The van der Waals surface area contributed by atoms with Gasteiger partial charge in [-0.1, -0.05) is 0 Å². The van der Waals surface area contributed by atoms with E-state index in [0.29, 0.717) is 6.20 Å². The van der Waals surface area contributed by atoms with Gasteiger partial charge in [0.15, 0.2) is 5.69 Å². The molecule has 0 aliphatic heterocycles. The molecule has 0 bridgehead atoms. The summed E-state index contributed by atoms with van der Waals surface area (Å²) in [6.07, 6.45) is -4.28. The Morgan fingerprint density at radius 1 is 1.53 bits per heavy atom. The van der Waals surface area contributed by atoms with Crippen LogP contribution in [-0.2, 0) is 6.18 Å². The molecule has 0 aliphatic carbocycles. The van der Waals surface area contributed by atoms with Crippen LogP contribution in [-0.4, -0.2) is 15.2 Å². The third-order valence-electron chi connectivity index (χ3n) is 1.37. The number of carbonyl (C=O) groups excluding carboxylic acids is 1. The number of rotatable bonds is 1. The van der Waals surface area contributed by atoms with Gasteiger partial charge in [0.05, 0.1) is 5.56 Å². The monoisotopic (exact) mass is 235 g/mol. The second kappa shape index (κ2) is 3.82. The van der Waals surface area contributed by atoms with Crippen molar-refractivity contribution in [2.75, 3.05) is 0 Å². The topological polar surface area (TPSA) is 66.6 Å². The molecule has 0 radical (unpaired) electrons. The highest BCUT2D eigenvalue weighted by Crippen LogP contribution is 2.30. The van der Waals surface area contributed by atoms with Gasteiger partial charge in [-0.25, -0.2) is 9.97 Å². The van der Waals surface area contributed by atoms with Crippen LogP contribution in [0.4, 0.5) is 13.2 Å². The van der Waals surface area contributed by atoms with Crippen LogP contribution in [0.15, 0.2) is 6.20 Å². The molecule has 1 rings (SSSR count). The van der Waals surface area contributed by atoms with E-state index in [1.807, 2.05) is 0 Å². The maximum Gasteiger partial charge on any atom is 0.434 e. The molecule has 0 aromatic carbocycles. The molecule has 0 unspecified atom stereocenters. The van der Waals surface area contributed by atoms with Crippen molar-refractivity contribution in [1.29, 1.82) is 5.26 Å². The fourth-order valence-electron chi connectivity index (χ4n) is 0.796. The first-order valence-electron chi connectivity index (χ1n) is 3.40. The molecule has 0 aliphatic rings. The lowest BCUT2D eigenvalue weighted by atomic mass is 10.2. The molecule has 78 valence electrons. The zero-order valence-electron chi connectivity index (χ0n) is 6.84. The highest BCUT2D eigenvalue weighted by atomic mass is 35.5. The van der Waals surface area contributed by atoms with Crippen LogP contribution in [0.3, 0.4) is 0 Å². The fourth-order valence-corrected chi connectivity index (χ4v) is 0.934. The molecule has 0 spiro atoms. The molecule has 15 heavy (non-hydrogen) atoms. The quantitative estimate of drug-likeness (QED) is 0.696. The van der Waals surface area contributed by atoms with E-state index in [9.17, 15) is 18.0 Å². The molecule has 0 amide bonds. The minimum atomic E-state index is -4.85. The van der Waals surface area contributed by atoms with Crippen LogP contribution in [0.1, 0.15) is 21.9 Å². The Morgan fingerprint density at radius 2 is 2.13 bits per heavy atom. The lowest BCUT2D eigenvalue weighted by Crippen LogP contribution is -2.15. The first kappa shape index (κ1) is 11.4. The van der Waals surface area contributed by atoms with Crippen molar-refractivity contribution in [1.82, 2.24) is 9.97 Å². The molecule has 0 fully saturated rings. The van der Waals surface area contributed by atoms with Gasteiger partial charge in [-0.3, -0.25) is 4.79 Å². The molecular formula is C7HClF3N3O. The van der Waals surface area contributed by atoms with E-state index in [-0.39, 0.29) is 0 Å². The highest BCUT2D eigenvalue weighted by molar-refractivity contribution is 6.67. The lowest BCUT2D eigenvalue weighted by Gasteiger charge is -2.07. The van der Waals surface area contributed by atoms with Gasteiger partial charge in [0.2, 0.25) is 5.82 Å². The smallest absolute Gasteiger partial charge is 0.275 e. The summed E-state index contributed by atoms with van der Waals surface area (Å²) in [4.78, 5) is 16.7. The van der Waals surface area contributed by atoms with E-state index in [4.69, 9.17) is 16.9 Å². The summed E-state index contributed by atoms with van der Waals surface area (Å²) in [7, 11) is 0. The number of hydrogen-bond acceptors (Lipinski definition) is 4. The van der Waals surface area contributed by atoms with Gasteiger partial charge in [0.1, 0.15) is 6.07 Å². The van der Waals surface area contributed by atoms with Gasteiger partial charge >= 0.3 is 6.18 Å². The normalized spacial score (nSPS) is 10.9. The number of nitriles is 1. The van der Waals surface area contributed by atoms with E-state index in [1.165, 1.54) is 6.07 Å². The van der Waals surface area contributed by atoms with Gasteiger partial charge < -0.3 is 0 Å². The third kappa shape index (κ3) is 2.41. The minimum Gasteiger partial charge on any atom is -0.275 e. The average Bonchev–Trinajstić information content (AvgIpc) is 2.15. The number of aromatic nitrogens is 2. The Hall–Kier alpha value is -1.68. The van der Waals surface area contributed by atoms with Crippen molar-refractivity contribution >= 4 is 16.8 Å². The Labute approximate surface area is 86.3 Å². The van der Waals surface area contributed by atoms with Crippen LogP contribution in [0.2, 0.25) is 0 Å². The maximum absolute atomic E-state index is 12.3. The Morgan fingerprint density at radius 3 is 2.53 bits per heavy atom. The predicted octanol–water partition coefficient (Wildman–Crippen LogP) is 1.75. The first-order chi connectivity index (χ1) is 6.86. The summed E-state index contributed by atoms with van der Waals surface area (Å²) in [6.45, 7) is 0. The lowest BCUT2D eigenvalue weighted by molar-refractivity contribution is -0.141. The molecule has 1 aromatic heterocycles. The van der Waals surface area contributed by atoms with Crippen LogP contribution in [0, 0.1) is 11.3 Å². The summed E-state index contributed by atoms with van der Waals surface area (Å²) < 4.78 is 36.9. The molecule has 4 nitrogen and oxygen atoms in total. The van der Waals surface area contributed by atoms with Crippen molar-refractivity contribution in [3.8, 4) is 6.07 Å². The molecule has 1 aromatic rings. The van der Waals surface area contributed by atoms with Gasteiger partial charge in [0.25, 0.3) is 5.24 Å². The van der Waals surface area contributed by atoms with Crippen LogP contribution < -0.4 is 0 Å². The Bertz CT molecular complexity index is 452. The van der Waals surface area contributed by atoms with Crippen molar-refractivity contribution in [3.05, 3.63) is 23.3 Å². The van der Waals surface area contributed by atoms with Crippen LogP contribution in [0.5, 0.6) is 0 Å². The van der Waals surface area contributed by atoms with Crippen molar-refractivity contribution in [2.45, 2.75) is 6.18 Å². The summed E-state index contributed by atoms with van der Waals surface area (Å²) in [6, 6.07) is 1.33. The van der Waals surface area contributed by atoms with Crippen LogP contribution in [0.25, 0.3) is 0 Å². The van der Waals surface area contributed by atoms with Crippen molar-refractivity contribution in [2.24, 2.45) is 0 Å². The van der Waals surface area contributed by atoms with E-state index in [1.54, 1.807) is 0 Å². The molecule has 0 saturated heterocycles. The number of alkyl halides is 3. The zero-order valence-corrected chi connectivity index (χ0v) is 7.60. The van der Waals surface area contributed by atoms with Gasteiger partial charge in [-0.05, 0) is 11.6 Å². The molecular weight excluding hydrogens is 235 g/mol. The van der Waals surface area contributed by atoms with E-state index in [2.05, 4.69) is 9.97 Å². The summed E-state index contributed by atoms with van der Waals surface area (Å²) in [5, 5.41) is 6.97. The maximum atomic E-state index is 12.3. The van der Waals surface area contributed by atoms with Gasteiger partial charge in [0, 0.05) is 6.20 Å². The second-order valence-corrected chi connectivity index (χ2v) is 2.68. The molecule has 0 saturated carbocycles. The molecule has 0 atom stereocenters. The fraction of sp³-hybridized carbons (Fsp3) is 0.143. The van der Waals surface area contributed by atoms with E-state index < -0.39 is 28.5 Å². The van der Waals surface area contributed by atoms with Gasteiger partial charge in [-0.2, -0.15) is 18.4 Å². The Balaban J connectivity index is 3.44. The highest BCUT2D eigenvalue weighted by Gasteiger charge is 2.37. The summed E-state index contributed by atoms with van der Waals surface area (Å²) in [5.74, 6) is -0.677. The Kier molecular flexibility index (Phi) is 2.90. The van der Waals surface area contributed by atoms with Crippen molar-refractivity contribution in [3.63, 3.8) is 0 Å². The zero-order chi connectivity index (χ0) is 11.6. The SMILES string of the molecule is N#Cc1ncc(C(=O)Cl)c(C(F)(F)F)n1. The first-order valence-corrected chi connectivity index (χ1v) is 3.78. The number of nitrogens with zero attached hydrogens (tertiary/aromatic N) is 3. The largest absolute Gasteiger partial charge is 0.434 e. The number of halogens is 4. The predicted molar refractivity (Wildman–Crippen MR) is 41.9 cm³/mol. The molecule has 0 N–H and O–H groups in total. The minimum absolute atomic E-state index is 0.573. The number of hydrogen-bond donors (Lipinski definition) is 0. The van der Waals surface area contributed by atoms with Crippen molar-refractivity contribution < 1.29 is 18.0 Å². The molecule has 1 heterocycles. The van der Waals surface area contributed by atoms with Gasteiger partial charge in [-0.15, -0.1) is 0 Å². The molecule has 8 heteroatoms. The van der Waals surface area contributed by atoms with E-state index >= 15 is 0 Å². The van der Waals surface area contributed by atoms with Crippen LogP contribution >= 0.6 is 11.6 Å². The summed E-state index contributed by atoms with van der Waals surface area (Å²) >= 11 is 4.91. The number of carbonyl (C=O) groups is 1. The second-order valence-electron chi connectivity index (χ2n) is 2.34. The summed E-state index contributed by atoms with van der Waals surface area (Å²) in [5.41, 5.74) is -2.38. The van der Waals surface area contributed by atoms with E-state index in [0.717, 1.165) is 0 Å². The average molecular weight is 236 g/mol.